The molecule has 0 aromatic carbocycles. The molecule has 1 atom stereocenters. The van der Waals surface area contributed by atoms with Crippen molar-refractivity contribution in [3.8, 4) is 0 Å². The van der Waals surface area contributed by atoms with Crippen molar-refractivity contribution < 1.29 is 4.79 Å². The van der Waals surface area contributed by atoms with Crippen molar-refractivity contribution in [1.29, 1.82) is 0 Å². The Morgan fingerprint density at radius 1 is 1.36 bits per heavy atom. The van der Waals surface area contributed by atoms with Crippen LogP contribution in [0.3, 0.4) is 0 Å². The van der Waals surface area contributed by atoms with Gasteiger partial charge in [-0.3, -0.25) is 15.1 Å². The number of carbonyl (C=O) groups excluding carboxylic acids is 1. The lowest BCUT2D eigenvalue weighted by Crippen LogP contribution is -2.59. The van der Waals surface area contributed by atoms with Crippen LogP contribution in [0.1, 0.15) is 12.5 Å². The Balaban J connectivity index is 2.35. The van der Waals surface area contributed by atoms with Crippen LogP contribution in [0.4, 0.5) is 0 Å². The third kappa shape index (κ3) is 1.37. The Hall–Kier alpha value is -1.42. The zero-order valence-corrected chi connectivity index (χ0v) is 8.08. The third-order valence-corrected chi connectivity index (χ3v) is 2.60. The predicted octanol–water partition coefficient (Wildman–Crippen LogP) is 0.0162. The molecule has 1 aromatic rings. The Labute approximate surface area is 82.7 Å². The summed E-state index contributed by atoms with van der Waals surface area (Å²) in [7, 11) is 0. The lowest BCUT2D eigenvalue weighted by atomic mass is 9.90. The lowest BCUT2D eigenvalue weighted by molar-refractivity contribution is -0.128. The zero-order valence-electron chi connectivity index (χ0n) is 8.08. The summed E-state index contributed by atoms with van der Waals surface area (Å²) in [5.41, 5.74) is 0.339. The van der Waals surface area contributed by atoms with E-state index in [0.29, 0.717) is 6.54 Å². The molecule has 1 aromatic heterocycles. The van der Waals surface area contributed by atoms with E-state index in [-0.39, 0.29) is 5.91 Å². The van der Waals surface area contributed by atoms with Gasteiger partial charge < -0.3 is 5.32 Å². The van der Waals surface area contributed by atoms with Crippen LogP contribution in [0.5, 0.6) is 0 Å². The maximum Gasteiger partial charge on any atom is 0.244 e. The molecule has 1 unspecified atom stereocenters. The minimum Gasteiger partial charge on any atom is -0.353 e. The fourth-order valence-electron chi connectivity index (χ4n) is 1.66. The molecule has 2 N–H and O–H groups in total. The van der Waals surface area contributed by atoms with Crippen LogP contribution in [0.15, 0.2) is 24.5 Å². The minimum absolute atomic E-state index is 0.0231. The number of nitrogens with zero attached hydrogens (tertiary/aromatic N) is 1. The van der Waals surface area contributed by atoms with Crippen molar-refractivity contribution >= 4 is 5.91 Å². The largest absolute Gasteiger partial charge is 0.353 e. The predicted molar refractivity (Wildman–Crippen MR) is 52.6 cm³/mol. The van der Waals surface area contributed by atoms with Gasteiger partial charge in [-0.25, -0.2) is 0 Å². The molecular formula is C10H13N3O. The van der Waals surface area contributed by atoms with E-state index < -0.39 is 5.54 Å². The van der Waals surface area contributed by atoms with Crippen molar-refractivity contribution in [2.24, 2.45) is 0 Å². The zero-order chi connectivity index (χ0) is 10.0. The van der Waals surface area contributed by atoms with Crippen LogP contribution < -0.4 is 10.6 Å². The summed E-state index contributed by atoms with van der Waals surface area (Å²) in [6.45, 7) is 3.38. The molecule has 0 spiro atoms. The summed E-state index contributed by atoms with van der Waals surface area (Å²) in [4.78, 5) is 15.7. The highest BCUT2D eigenvalue weighted by Crippen LogP contribution is 2.21. The Bertz CT molecular complexity index is 338. The van der Waals surface area contributed by atoms with Gasteiger partial charge in [-0.1, -0.05) is 0 Å². The molecule has 1 saturated heterocycles. The first kappa shape index (κ1) is 9.15. The summed E-state index contributed by atoms with van der Waals surface area (Å²) < 4.78 is 0. The summed E-state index contributed by atoms with van der Waals surface area (Å²) >= 11 is 0. The Morgan fingerprint density at radius 3 is 2.71 bits per heavy atom. The first-order valence-electron chi connectivity index (χ1n) is 4.67. The Morgan fingerprint density at radius 2 is 2.07 bits per heavy atom. The number of nitrogens with one attached hydrogen (secondary N) is 2. The van der Waals surface area contributed by atoms with E-state index in [1.165, 1.54) is 0 Å². The number of piperazine rings is 1. The van der Waals surface area contributed by atoms with Crippen molar-refractivity contribution in [3.63, 3.8) is 0 Å². The van der Waals surface area contributed by atoms with Gasteiger partial charge in [0, 0.05) is 25.5 Å². The third-order valence-electron chi connectivity index (χ3n) is 2.60. The SMILES string of the molecule is CC1(c2ccncc2)NCCNC1=O. The monoisotopic (exact) mass is 191 g/mol. The number of hydrogen-bond donors (Lipinski definition) is 2. The summed E-state index contributed by atoms with van der Waals surface area (Å²) in [5, 5.41) is 6.07. The molecule has 0 radical (unpaired) electrons. The van der Waals surface area contributed by atoms with Crippen LogP contribution in [0.25, 0.3) is 0 Å². The van der Waals surface area contributed by atoms with E-state index in [2.05, 4.69) is 15.6 Å². The summed E-state index contributed by atoms with van der Waals surface area (Å²) in [6.07, 6.45) is 3.40. The number of amides is 1. The van der Waals surface area contributed by atoms with E-state index in [4.69, 9.17) is 0 Å². The first-order chi connectivity index (χ1) is 6.73. The van der Waals surface area contributed by atoms with Gasteiger partial charge in [0.1, 0.15) is 5.54 Å². The second-order valence-electron chi connectivity index (χ2n) is 3.54. The van der Waals surface area contributed by atoms with E-state index in [1.54, 1.807) is 12.4 Å². The number of pyridine rings is 1. The maximum atomic E-state index is 11.7. The van der Waals surface area contributed by atoms with Crippen LogP contribution in [-0.2, 0) is 10.3 Å². The average molecular weight is 191 g/mol. The van der Waals surface area contributed by atoms with Gasteiger partial charge >= 0.3 is 0 Å². The molecule has 1 aliphatic rings. The van der Waals surface area contributed by atoms with Gasteiger partial charge in [0.05, 0.1) is 0 Å². The van der Waals surface area contributed by atoms with Gasteiger partial charge in [-0.15, -0.1) is 0 Å². The van der Waals surface area contributed by atoms with Gasteiger partial charge in [0.15, 0.2) is 0 Å². The molecule has 1 aliphatic heterocycles. The lowest BCUT2D eigenvalue weighted by Gasteiger charge is -2.34. The Kier molecular flexibility index (Phi) is 2.21. The number of aromatic nitrogens is 1. The molecule has 1 fully saturated rings. The molecule has 4 nitrogen and oxygen atoms in total. The topological polar surface area (TPSA) is 54.0 Å². The highest BCUT2D eigenvalue weighted by Gasteiger charge is 2.36. The summed E-state index contributed by atoms with van der Waals surface area (Å²) in [6, 6.07) is 3.72. The standard InChI is InChI=1S/C10H13N3O/c1-10(8-2-4-11-5-3-8)9(14)12-6-7-13-10/h2-5,13H,6-7H2,1H3,(H,12,14). The van der Waals surface area contributed by atoms with Crippen LogP contribution in [0.2, 0.25) is 0 Å². The van der Waals surface area contributed by atoms with Crippen LogP contribution in [-0.4, -0.2) is 24.0 Å². The molecule has 2 heterocycles. The van der Waals surface area contributed by atoms with Crippen molar-refractivity contribution in [3.05, 3.63) is 30.1 Å². The summed E-state index contributed by atoms with van der Waals surface area (Å²) in [5.74, 6) is 0.0231. The number of rotatable bonds is 1. The fraction of sp³-hybridized carbons (Fsp3) is 0.400. The molecule has 1 amide bonds. The molecule has 0 aliphatic carbocycles. The fourth-order valence-corrected chi connectivity index (χ4v) is 1.66. The second kappa shape index (κ2) is 3.38. The van der Waals surface area contributed by atoms with Crippen LogP contribution in [0, 0.1) is 0 Å². The number of carbonyl (C=O) groups is 1. The number of hydrogen-bond acceptors (Lipinski definition) is 3. The van der Waals surface area contributed by atoms with E-state index in [9.17, 15) is 4.79 Å². The smallest absolute Gasteiger partial charge is 0.244 e. The molecule has 14 heavy (non-hydrogen) atoms. The van der Waals surface area contributed by atoms with Gasteiger partial charge in [0.25, 0.3) is 0 Å². The minimum atomic E-state index is -0.610. The molecule has 74 valence electrons. The normalized spacial score (nSPS) is 27.1. The van der Waals surface area contributed by atoms with Crippen molar-refractivity contribution in [2.45, 2.75) is 12.5 Å². The maximum absolute atomic E-state index is 11.7. The van der Waals surface area contributed by atoms with E-state index in [0.717, 1.165) is 12.1 Å². The van der Waals surface area contributed by atoms with Crippen molar-refractivity contribution in [2.75, 3.05) is 13.1 Å². The molecule has 0 bridgehead atoms. The van der Waals surface area contributed by atoms with E-state index in [1.807, 2.05) is 19.1 Å². The molecule has 4 heteroatoms. The van der Waals surface area contributed by atoms with Crippen molar-refractivity contribution in [1.82, 2.24) is 15.6 Å². The highest BCUT2D eigenvalue weighted by molar-refractivity contribution is 5.87. The molecular weight excluding hydrogens is 178 g/mol. The van der Waals surface area contributed by atoms with Gasteiger partial charge in [-0.05, 0) is 24.6 Å². The highest BCUT2D eigenvalue weighted by atomic mass is 16.2. The molecule has 2 rings (SSSR count). The van der Waals surface area contributed by atoms with Crippen LogP contribution >= 0.6 is 0 Å². The van der Waals surface area contributed by atoms with E-state index >= 15 is 0 Å². The molecule has 0 saturated carbocycles. The average Bonchev–Trinajstić information content (AvgIpc) is 2.24. The first-order valence-corrected chi connectivity index (χ1v) is 4.67. The second-order valence-corrected chi connectivity index (χ2v) is 3.54. The van der Waals surface area contributed by atoms with Gasteiger partial charge in [0.2, 0.25) is 5.91 Å². The van der Waals surface area contributed by atoms with Gasteiger partial charge in [-0.2, -0.15) is 0 Å². The quantitative estimate of drug-likeness (QED) is 0.657.